The topological polar surface area (TPSA) is 74.3 Å². The molecule has 0 saturated heterocycles. The molecular formula is C18H20N4O2S2. The number of fused-ring (bicyclic) bond motifs is 1. The number of benzene rings is 1. The molecule has 0 fully saturated rings. The maximum absolute atomic E-state index is 12.5. The fourth-order valence-electron chi connectivity index (χ4n) is 2.54. The first-order valence-corrected chi connectivity index (χ1v) is 9.97. The zero-order chi connectivity index (χ0) is 18.7. The monoisotopic (exact) mass is 388 g/mol. The Balaban J connectivity index is 1.78. The van der Waals surface area contributed by atoms with E-state index in [1.54, 1.807) is 42.6 Å². The van der Waals surface area contributed by atoms with Crippen molar-refractivity contribution in [3.63, 3.8) is 0 Å². The highest BCUT2D eigenvalue weighted by molar-refractivity contribution is 7.29. The summed E-state index contributed by atoms with van der Waals surface area (Å²) in [6.45, 7) is 6.02. The molecule has 0 saturated carbocycles. The van der Waals surface area contributed by atoms with Crippen LogP contribution in [0.5, 0.6) is 0 Å². The highest BCUT2D eigenvalue weighted by Gasteiger charge is 2.16. The van der Waals surface area contributed by atoms with E-state index >= 15 is 0 Å². The third-order valence-electron chi connectivity index (χ3n) is 3.95. The predicted molar refractivity (Wildman–Crippen MR) is 109 cm³/mol. The van der Waals surface area contributed by atoms with Gasteiger partial charge in [0.15, 0.2) is 5.13 Å². The minimum Gasteiger partial charge on any atom is -0.355 e. The summed E-state index contributed by atoms with van der Waals surface area (Å²) in [5, 5.41) is 6.40. The molecule has 2 heterocycles. The lowest BCUT2D eigenvalue weighted by molar-refractivity contribution is 0.0961. The number of nitrogens with one attached hydrogen (secondary N) is 2. The van der Waals surface area contributed by atoms with E-state index in [1.165, 1.54) is 11.3 Å². The van der Waals surface area contributed by atoms with Gasteiger partial charge in [0.2, 0.25) is 0 Å². The van der Waals surface area contributed by atoms with Crippen LogP contribution < -0.4 is 15.5 Å². The zero-order valence-electron chi connectivity index (χ0n) is 14.8. The molecule has 26 heavy (non-hydrogen) atoms. The summed E-state index contributed by atoms with van der Waals surface area (Å²) in [7, 11) is 1.57. The van der Waals surface area contributed by atoms with Crippen LogP contribution in [-0.4, -0.2) is 36.9 Å². The number of rotatable bonds is 6. The summed E-state index contributed by atoms with van der Waals surface area (Å²) in [5.41, 5.74) is 1.09. The zero-order valence-corrected chi connectivity index (χ0v) is 16.5. The van der Waals surface area contributed by atoms with E-state index in [9.17, 15) is 9.59 Å². The van der Waals surface area contributed by atoms with Crippen molar-refractivity contribution in [2.75, 3.05) is 30.4 Å². The van der Waals surface area contributed by atoms with Gasteiger partial charge in [0.05, 0.1) is 9.58 Å². The number of hydrogen-bond donors (Lipinski definition) is 2. The van der Waals surface area contributed by atoms with Gasteiger partial charge in [0, 0.05) is 31.4 Å². The van der Waals surface area contributed by atoms with Crippen LogP contribution in [-0.2, 0) is 0 Å². The maximum Gasteiger partial charge on any atom is 0.265 e. The lowest BCUT2D eigenvalue weighted by Crippen LogP contribution is -2.21. The number of carbonyl (C=O) groups excluding carboxylic acids is 2. The number of nitrogens with zero attached hydrogens (tertiary/aromatic N) is 2. The molecule has 0 unspecified atom stereocenters. The van der Waals surface area contributed by atoms with Gasteiger partial charge >= 0.3 is 0 Å². The summed E-state index contributed by atoms with van der Waals surface area (Å²) in [5.74, 6) is -0.385. The molecule has 2 amide bonds. The van der Waals surface area contributed by atoms with Gasteiger partial charge in [-0.3, -0.25) is 9.59 Å². The van der Waals surface area contributed by atoms with Crippen LogP contribution in [0.25, 0.3) is 9.53 Å². The second-order valence-corrected chi connectivity index (χ2v) is 7.60. The Bertz CT molecular complexity index is 912. The quantitative estimate of drug-likeness (QED) is 0.673. The Kier molecular flexibility index (Phi) is 5.53. The Hall–Kier alpha value is -2.45. The lowest BCUT2D eigenvalue weighted by atomic mass is 10.2. The summed E-state index contributed by atoms with van der Waals surface area (Å²) >= 11 is 2.98. The smallest absolute Gasteiger partial charge is 0.265 e. The van der Waals surface area contributed by atoms with Crippen LogP contribution in [0.2, 0.25) is 0 Å². The first-order valence-electron chi connectivity index (χ1n) is 8.34. The molecule has 3 rings (SSSR count). The largest absolute Gasteiger partial charge is 0.355 e. The highest BCUT2D eigenvalue weighted by atomic mass is 32.1. The van der Waals surface area contributed by atoms with Gasteiger partial charge in [0.1, 0.15) is 4.83 Å². The average molecular weight is 389 g/mol. The highest BCUT2D eigenvalue weighted by Crippen LogP contribution is 2.34. The fraction of sp³-hybridized carbons (Fsp3) is 0.278. The molecule has 8 heteroatoms. The third kappa shape index (κ3) is 3.71. The number of amides is 2. The van der Waals surface area contributed by atoms with Crippen molar-refractivity contribution in [1.29, 1.82) is 0 Å². The summed E-state index contributed by atoms with van der Waals surface area (Å²) in [4.78, 5) is 32.6. The Labute approximate surface area is 159 Å². The Morgan fingerprint density at radius 1 is 1.12 bits per heavy atom. The number of thiophene rings is 1. The lowest BCUT2D eigenvalue weighted by Gasteiger charge is -2.16. The summed E-state index contributed by atoms with van der Waals surface area (Å²) in [6.07, 6.45) is 0. The van der Waals surface area contributed by atoms with Gasteiger partial charge in [-0.15, -0.1) is 11.3 Å². The summed E-state index contributed by atoms with van der Waals surface area (Å²) in [6, 6.07) is 8.74. The third-order valence-corrected chi connectivity index (χ3v) is 6.17. The van der Waals surface area contributed by atoms with Gasteiger partial charge < -0.3 is 15.5 Å². The van der Waals surface area contributed by atoms with Gasteiger partial charge in [-0.2, -0.15) is 0 Å². The maximum atomic E-state index is 12.5. The average Bonchev–Trinajstić information content (AvgIpc) is 3.21. The van der Waals surface area contributed by atoms with Crippen molar-refractivity contribution in [2.45, 2.75) is 13.8 Å². The molecule has 0 bridgehead atoms. The number of carbonyl (C=O) groups is 2. The number of hydrogen-bond acceptors (Lipinski definition) is 6. The number of thiazole rings is 1. The van der Waals surface area contributed by atoms with Crippen molar-refractivity contribution in [1.82, 2.24) is 10.3 Å². The standard InChI is InChI=1S/C18H20N4O2S2/c1-4-22(5-2)18-21-17-14(26-18)10-13(25-17)16(24)20-12-8-6-7-11(9-12)15(23)19-3/h6-10H,4-5H2,1-3H3,(H,19,23)(H,20,24). The van der Waals surface area contributed by atoms with E-state index in [-0.39, 0.29) is 11.8 Å². The van der Waals surface area contributed by atoms with Crippen molar-refractivity contribution < 1.29 is 9.59 Å². The van der Waals surface area contributed by atoms with E-state index < -0.39 is 0 Å². The first-order chi connectivity index (χ1) is 12.5. The molecule has 1 aromatic carbocycles. The minimum absolute atomic E-state index is 0.189. The normalized spacial score (nSPS) is 10.7. The van der Waals surface area contributed by atoms with E-state index in [0.29, 0.717) is 16.1 Å². The van der Waals surface area contributed by atoms with Gasteiger partial charge in [-0.25, -0.2) is 4.98 Å². The van der Waals surface area contributed by atoms with Crippen molar-refractivity contribution in [2.24, 2.45) is 0 Å². The molecule has 0 aliphatic heterocycles. The van der Waals surface area contributed by atoms with Gasteiger partial charge in [0.25, 0.3) is 11.8 Å². The molecule has 2 N–H and O–H groups in total. The van der Waals surface area contributed by atoms with Gasteiger partial charge in [-0.1, -0.05) is 17.4 Å². The molecule has 0 aliphatic rings. The minimum atomic E-state index is -0.196. The van der Waals surface area contributed by atoms with Crippen LogP contribution in [0.1, 0.15) is 33.9 Å². The second-order valence-electron chi connectivity index (χ2n) is 5.56. The van der Waals surface area contributed by atoms with Crippen LogP contribution in [0.15, 0.2) is 30.3 Å². The van der Waals surface area contributed by atoms with E-state index in [0.717, 1.165) is 27.8 Å². The molecule has 0 spiro atoms. The number of anilines is 2. The Morgan fingerprint density at radius 3 is 2.54 bits per heavy atom. The summed E-state index contributed by atoms with van der Waals surface area (Å²) < 4.78 is 1.01. The second kappa shape index (κ2) is 7.84. The molecular weight excluding hydrogens is 368 g/mol. The van der Waals surface area contributed by atoms with Gasteiger partial charge in [-0.05, 0) is 38.1 Å². The van der Waals surface area contributed by atoms with E-state index in [2.05, 4.69) is 34.4 Å². The molecule has 6 nitrogen and oxygen atoms in total. The van der Waals surface area contributed by atoms with E-state index in [1.807, 2.05) is 6.07 Å². The molecule has 0 radical (unpaired) electrons. The van der Waals surface area contributed by atoms with Crippen LogP contribution in [0.3, 0.4) is 0 Å². The SMILES string of the molecule is CCN(CC)c1nc2sc(C(=O)Nc3cccc(C(=O)NC)c3)cc2s1. The number of aromatic nitrogens is 1. The molecule has 2 aromatic heterocycles. The molecule has 0 aliphatic carbocycles. The van der Waals surface area contributed by atoms with Crippen molar-refractivity contribution >= 4 is 54.8 Å². The van der Waals surface area contributed by atoms with Crippen molar-refractivity contribution in [3.05, 3.63) is 40.8 Å². The van der Waals surface area contributed by atoms with Crippen LogP contribution in [0, 0.1) is 0 Å². The Morgan fingerprint density at radius 2 is 1.88 bits per heavy atom. The fourth-order valence-corrected chi connectivity index (χ4v) is 4.77. The first kappa shape index (κ1) is 18.3. The molecule has 3 aromatic rings. The molecule has 0 atom stereocenters. The van der Waals surface area contributed by atoms with Crippen LogP contribution >= 0.6 is 22.7 Å². The molecule has 136 valence electrons. The van der Waals surface area contributed by atoms with Crippen LogP contribution in [0.4, 0.5) is 10.8 Å². The van der Waals surface area contributed by atoms with Crippen molar-refractivity contribution in [3.8, 4) is 0 Å². The van der Waals surface area contributed by atoms with E-state index in [4.69, 9.17) is 0 Å². The predicted octanol–water partition coefficient (Wildman–Crippen LogP) is 3.82.